The molecule has 4 amide bonds. The molecule has 0 spiro atoms. The number of urea groups is 1. The van der Waals surface area contributed by atoms with E-state index in [0.29, 0.717) is 16.5 Å². The summed E-state index contributed by atoms with van der Waals surface area (Å²) >= 11 is 1.31. The van der Waals surface area contributed by atoms with Crippen LogP contribution in [0.4, 0.5) is 21.3 Å². The van der Waals surface area contributed by atoms with Crippen molar-refractivity contribution in [2.45, 2.75) is 13.8 Å². The highest BCUT2D eigenvalue weighted by Gasteiger charge is 2.09. The zero-order valence-corrected chi connectivity index (χ0v) is 16.1. The van der Waals surface area contributed by atoms with Crippen molar-refractivity contribution in [1.29, 1.82) is 0 Å². The third-order valence-electron chi connectivity index (χ3n) is 3.64. The van der Waals surface area contributed by atoms with Gasteiger partial charge in [-0.3, -0.25) is 9.59 Å². The lowest BCUT2D eigenvalue weighted by molar-refractivity contribution is -0.115. The van der Waals surface area contributed by atoms with Gasteiger partial charge < -0.3 is 21.3 Å². The first-order chi connectivity index (χ1) is 13.4. The minimum atomic E-state index is -0.460. The maximum Gasteiger partial charge on any atom is 0.319 e. The van der Waals surface area contributed by atoms with Gasteiger partial charge in [0, 0.05) is 18.3 Å². The second kappa shape index (κ2) is 8.49. The number of rotatable bonds is 5. The molecule has 1 aromatic heterocycles. The zero-order valence-electron chi connectivity index (χ0n) is 15.3. The lowest BCUT2D eigenvalue weighted by Gasteiger charge is -2.09. The maximum atomic E-state index is 12.1. The molecule has 9 heteroatoms. The zero-order chi connectivity index (χ0) is 20.1. The molecule has 0 radical (unpaired) electrons. The molecule has 0 unspecified atom stereocenters. The van der Waals surface area contributed by atoms with Gasteiger partial charge in [-0.1, -0.05) is 23.5 Å². The van der Waals surface area contributed by atoms with Gasteiger partial charge >= 0.3 is 6.03 Å². The predicted molar refractivity (Wildman–Crippen MR) is 111 cm³/mol. The Labute approximate surface area is 165 Å². The first-order valence-corrected chi connectivity index (χ1v) is 9.30. The van der Waals surface area contributed by atoms with Crippen LogP contribution in [0.1, 0.15) is 12.5 Å². The van der Waals surface area contributed by atoms with Gasteiger partial charge in [0.15, 0.2) is 5.13 Å². The van der Waals surface area contributed by atoms with E-state index in [1.807, 2.05) is 25.1 Å². The number of amides is 4. The van der Waals surface area contributed by atoms with Crippen molar-refractivity contribution in [3.8, 4) is 0 Å². The standard InChI is InChI=1S/C19H19N5O3S/c1-11-4-3-5-13(8-11)23-18(27)20-10-17(26)22-14-6-7-15-16(9-14)28-19(24-15)21-12(2)25/h3-9H,10H2,1-2H3,(H,22,26)(H2,20,23,27)(H,21,24,25). The van der Waals surface area contributed by atoms with E-state index in [9.17, 15) is 14.4 Å². The molecule has 0 atom stereocenters. The van der Waals surface area contributed by atoms with Crippen LogP contribution in [0.2, 0.25) is 0 Å². The summed E-state index contributed by atoms with van der Waals surface area (Å²) in [5.74, 6) is -0.548. The molecule has 3 aromatic rings. The molecule has 0 aliphatic rings. The minimum absolute atomic E-state index is 0.171. The van der Waals surface area contributed by atoms with Gasteiger partial charge in [0.05, 0.1) is 16.8 Å². The summed E-state index contributed by atoms with van der Waals surface area (Å²) in [6.07, 6.45) is 0. The van der Waals surface area contributed by atoms with E-state index in [1.54, 1.807) is 24.3 Å². The molecule has 4 N–H and O–H groups in total. The van der Waals surface area contributed by atoms with Gasteiger partial charge in [-0.05, 0) is 42.8 Å². The van der Waals surface area contributed by atoms with Crippen LogP contribution < -0.4 is 21.3 Å². The Morgan fingerprint density at radius 3 is 2.54 bits per heavy atom. The number of carbonyl (C=O) groups excluding carboxylic acids is 3. The van der Waals surface area contributed by atoms with Crippen LogP contribution in [0.15, 0.2) is 42.5 Å². The average Bonchev–Trinajstić information content (AvgIpc) is 3.00. The highest BCUT2D eigenvalue weighted by molar-refractivity contribution is 7.22. The molecule has 0 saturated heterocycles. The highest BCUT2D eigenvalue weighted by atomic mass is 32.1. The summed E-state index contributed by atoms with van der Waals surface area (Å²) in [7, 11) is 0. The van der Waals surface area contributed by atoms with Crippen molar-refractivity contribution in [3.05, 3.63) is 48.0 Å². The second-order valence-electron chi connectivity index (χ2n) is 6.11. The molecule has 144 valence electrons. The number of benzene rings is 2. The Bertz CT molecular complexity index is 1050. The highest BCUT2D eigenvalue weighted by Crippen LogP contribution is 2.28. The van der Waals surface area contributed by atoms with Crippen molar-refractivity contribution in [2.24, 2.45) is 0 Å². The number of thiazole rings is 1. The van der Waals surface area contributed by atoms with Gasteiger partial charge in [0.25, 0.3) is 0 Å². The minimum Gasteiger partial charge on any atom is -0.329 e. The molecule has 28 heavy (non-hydrogen) atoms. The first-order valence-electron chi connectivity index (χ1n) is 8.48. The summed E-state index contributed by atoms with van der Waals surface area (Å²) in [6, 6.07) is 12.1. The quantitative estimate of drug-likeness (QED) is 0.529. The van der Waals surface area contributed by atoms with Crippen LogP contribution in [-0.4, -0.2) is 29.4 Å². The van der Waals surface area contributed by atoms with Crippen LogP contribution in [-0.2, 0) is 9.59 Å². The topological polar surface area (TPSA) is 112 Å². The molecule has 1 heterocycles. The van der Waals surface area contributed by atoms with Crippen molar-refractivity contribution in [3.63, 3.8) is 0 Å². The Morgan fingerprint density at radius 2 is 1.79 bits per heavy atom. The van der Waals surface area contributed by atoms with Gasteiger partial charge in [-0.25, -0.2) is 9.78 Å². The number of hydrogen-bond acceptors (Lipinski definition) is 5. The average molecular weight is 397 g/mol. The van der Waals surface area contributed by atoms with Crippen LogP contribution >= 0.6 is 11.3 Å². The maximum absolute atomic E-state index is 12.1. The van der Waals surface area contributed by atoms with E-state index in [4.69, 9.17) is 0 Å². The predicted octanol–water partition coefficient (Wildman–Crippen LogP) is 3.32. The van der Waals surface area contributed by atoms with Crippen molar-refractivity contribution in [1.82, 2.24) is 10.3 Å². The third kappa shape index (κ3) is 5.27. The van der Waals surface area contributed by atoms with Gasteiger partial charge in [-0.15, -0.1) is 0 Å². The van der Waals surface area contributed by atoms with Crippen LogP contribution in [0.25, 0.3) is 10.2 Å². The van der Waals surface area contributed by atoms with Gasteiger partial charge in [0.2, 0.25) is 11.8 Å². The molecule has 0 bridgehead atoms. The van der Waals surface area contributed by atoms with Gasteiger partial charge in [0.1, 0.15) is 0 Å². The van der Waals surface area contributed by atoms with Crippen molar-refractivity contribution >= 4 is 55.9 Å². The Balaban J connectivity index is 1.54. The number of anilines is 3. The number of nitrogens with one attached hydrogen (secondary N) is 4. The SMILES string of the molecule is CC(=O)Nc1nc2ccc(NC(=O)CNC(=O)Nc3cccc(C)c3)cc2s1. The molecular weight excluding hydrogens is 378 g/mol. The summed E-state index contributed by atoms with van der Waals surface area (Å²) in [6.45, 7) is 3.17. The summed E-state index contributed by atoms with van der Waals surface area (Å²) < 4.78 is 0.826. The van der Waals surface area contributed by atoms with E-state index in [2.05, 4.69) is 26.3 Å². The van der Waals surface area contributed by atoms with Crippen molar-refractivity contribution in [2.75, 3.05) is 22.5 Å². The van der Waals surface area contributed by atoms with Crippen LogP contribution in [0.3, 0.4) is 0 Å². The number of aryl methyl sites for hydroxylation is 1. The molecule has 0 fully saturated rings. The van der Waals surface area contributed by atoms with E-state index >= 15 is 0 Å². The fraction of sp³-hybridized carbons (Fsp3) is 0.158. The molecular formula is C19H19N5O3S. The summed E-state index contributed by atoms with van der Waals surface area (Å²) in [5.41, 5.74) is 2.98. The Hall–Kier alpha value is -3.46. The van der Waals surface area contributed by atoms with Crippen LogP contribution in [0.5, 0.6) is 0 Å². The Morgan fingerprint density at radius 1 is 1.00 bits per heavy atom. The van der Waals surface area contributed by atoms with E-state index < -0.39 is 6.03 Å². The first kappa shape index (κ1) is 19.3. The largest absolute Gasteiger partial charge is 0.329 e. The fourth-order valence-corrected chi connectivity index (χ4v) is 3.42. The molecule has 0 aliphatic carbocycles. The molecule has 2 aromatic carbocycles. The summed E-state index contributed by atoms with van der Waals surface area (Å²) in [5, 5.41) is 11.0. The molecule has 0 aliphatic heterocycles. The van der Waals surface area contributed by atoms with Crippen molar-refractivity contribution < 1.29 is 14.4 Å². The fourth-order valence-electron chi connectivity index (χ4n) is 2.47. The Kier molecular flexibility index (Phi) is 5.85. The normalized spacial score (nSPS) is 10.4. The number of carbonyl (C=O) groups is 3. The van der Waals surface area contributed by atoms with Crippen LogP contribution in [0, 0.1) is 6.92 Å². The number of aromatic nitrogens is 1. The van der Waals surface area contributed by atoms with E-state index in [0.717, 1.165) is 15.8 Å². The second-order valence-corrected chi connectivity index (χ2v) is 7.14. The lowest BCUT2D eigenvalue weighted by Crippen LogP contribution is -2.35. The third-order valence-corrected chi connectivity index (χ3v) is 4.57. The number of fused-ring (bicyclic) bond motifs is 1. The lowest BCUT2D eigenvalue weighted by atomic mass is 10.2. The summed E-state index contributed by atoms with van der Waals surface area (Å²) in [4.78, 5) is 39.4. The molecule has 8 nitrogen and oxygen atoms in total. The van der Waals surface area contributed by atoms with E-state index in [-0.39, 0.29) is 18.4 Å². The monoisotopic (exact) mass is 397 g/mol. The number of hydrogen-bond donors (Lipinski definition) is 4. The van der Waals surface area contributed by atoms with Gasteiger partial charge in [-0.2, -0.15) is 0 Å². The smallest absolute Gasteiger partial charge is 0.319 e. The van der Waals surface area contributed by atoms with E-state index in [1.165, 1.54) is 18.3 Å². The number of nitrogens with zero attached hydrogens (tertiary/aromatic N) is 1. The molecule has 3 rings (SSSR count). The molecule has 0 saturated carbocycles.